The third kappa shape index (κ3) is 8.28. The van der Waals surface area contributed by atoms with Crippen LogP contribution >= 0.6 is 0 Å². The van der Waals surface area contributed by atoms with Crippen molar-refractivity contribution in [1.82, 2.24) is 15.5 Å². The van der Waals surface area contributed by atoms with Crippen molar-refractivity contribution < 1.29 is 9.84 Å². The molecule has 0 spiro atoms. The number of hydrogen-bond acceptors (Lipinski definition) is 4. The number of benzene rings is 1. The van der Waals surface area contributed by atoms with Crippen LogP contribution in [0.5, 0.6) is 0 Å². The van der Waals surface area contributed by atoms with E-state index in [1.54, 1.807) is 0 Å². The second kappa shape index (κ2) is 12.7. The average molecular weight is 377 g/mol. The highest BCUT2D eigenvalue weighted by molar-refractivity contribution is 5.79. The molecule has 0 aliphatic carbocycles. The van der Waals surface area contributed by atoms with Gasteiger partial charge in [-0.25, -0.2) is 0 Å². The molecular weight excluding hydrogens is 340 g/mol. The van der Waals surface area contributed by atoms with Crippen LogP contribution in [-0.4, -0.2) is 68.0 Å². The van der Waals surface area contributed by atoms with Gasteiger partial charge in [0.05, 0.1) is 12.6 Å². The molecule has 0 saturated carbocycles. The topological polar surface area (TPSA) is 69.1 Å². The lowest BCUT2D eigenvalue weighted by Crippen LogP contribution is -2.40. The fraction of sp³-hybridized carbons (Fsp3) is 0.667. The van der Waals surface area contributed by atoms with E-state index in [2.05, 4.69) is 44.8 Å². The van der Waals surface area contributed by atoms with Crippen LogP contribution in [0.4, 0.5) is 0 Å². The Morgan fingerprint density at radius 1 is 1.22 bits per heavy atom. The van der Waals surface area contributed by atoms with Crippen molar-refractivity contribution in [3.8, 4) is 0 Å². The van der Waals surface area contributed by atoms with E-state index in [4.69, 9.17) is 4.74 Å². The van der Waals surface area contributed by atoms with E-state index in [0.29, 0.717) is 13.1 Å². The third-order valence-corrected chi connectivity index (χ3v) is 4.70. The van der Waals surface area contributed by atoms with Crippen molar-refractivity contribution in [2.75, 3.05) is 45.9 Å². The molecule has 1 aliphatic heterocycles. The number of ether oxygens (including phenoxy) is 1. The molecule has 0 radical (unpaired) electrons. The predicted octanol–water partition coefficient (Wildman–Crippen LogP) is 1.78. The zero-order valence-electron chi connectivity index (χ0n) is 16.9. The van der Waals surface area contributed by atoms with E-state index in [1.165, 1.54) is 11.1 Å². The standard InChI is InChI=1S/C21H36N4O2/c1-3-22-21(23-12-7-8-14-27-4-2)24-15-20(26)17-25-13-11-18-9-5-6-10-19(18)16-25/h5-6,9-10,20,26H,3-4,7-8,11-17H2,1-2H3,(H2,22,23,24). The molecule has 152 valence electrons. The molecule has 0 bridgehead atoms. The summed E-state index contributed by atoms with van der Waals surface area (Å²) in [6.45, 7) is 10.3. The summed E-state index contributed by atoms with van der Waals surface area (Å²) in [4.78, 5) is 6.86. The van der Waals surface area contributed by atoms with Crippen LogP contribution in [0, 0.1) is 0 Å². The lowest BCUT2D eigenvalue weighted by atomic mass is 10.00. The van der Waals surface area contributed by atoms with Crippen LogP contribution in [0.1, 0.15) is 37.8 Å². The van der Waals surface area contributed by atoms with Gasteiger partial charge in [-0.3, -0.25) is 9.89 Å². The first-order valence-electron chi connectivity index (χ1n) is 10.3. The van der Waals surface area contributed by atoms with Crippen molar-refractivity contribution in [2.24, 2.45) is 4.99 Å². The molecule has 1 aliphatic rings. The van der Waals surface area contributed by atoms with E-state index < -0.39 is 6.10 Å². The molecule has 2 rings (SSSR count). The second-order valence-corrected chi connectivity index (χ2v) is 6.96. The van der Waals surface area contributed by atoms with Gasteiger partial charge < -0.3 is 20.5 Å². The molecule has 6 heteroatoms. The molecule has 1 unspecified atom stereocenters. The minimum Gasteiger partial charge on any atom is -0.390 e. The van der Waals surface area contributed by atoms with Gasteiger partial charge in [-0.1, -0.05) is 24.3 Å². The molecule has 0 amide bonds. The average Bonchev–Trinajstić information content (AvgIpc) is 2.68. The summed E-state index contributed by atoms with van der Waals surface area (Å²) >= 11 is 0. The largest absolute Gasteiger partial charge is 0.390 e. The first-order chi connectivity index (χ1) is 13.2. The fourth-order valence-corrected chi connectivity index (χ4v) is 3.28. The highest BCUT2D eigenvalue weighted by atomic mass is 16.5. The lowest BCUT2D eigenvalue weighted by molar-refractivity contribution is 0.111. The number of fused-ring (bicyclic) bond motifs is 1. The SMILES string of the molecule is CCNC(=NCC(O)CN1CCc2ccccc2C1)NCCCCOCC. The number of aliphatic hydroxyl groups is 1. The Bertz CT molecular complexity index is 565. The molecule has 0 aromatic heterocycles. The van der Waals surface area contributed by atoms with E-state index in [0.717, 1.165) is 64.6 Å². The maximum Gasteiger partial charge on any atom is 0.191 e. The van der Waals surface area contributed by atoms with Crippen LogP contribution in [0.15, 0.2) is 29.3 Å². The molecule has 0 fully saturated rings. The smallest absolute Gasteiger partial charge is 0.191 e. The zero-order valence-corrected chi connectivity index (χ0v) is 16.9. The number of nitrogens with zero attached hydrogens (tertiary/aromatic N) is 2. The first-order valence-corrected chi connectivity index (χ1v) is 10.3. The van der Waals surface area contributed by atoms with E-state index in [-0.39, 0.29) is 0 Å². The first kappa shape index (κ1) is 21.7. The Labute approximate surface area is 164 Å². The molecule has 1 heterocycles. The van der Waals surface area contributed by atoms with Crippen molar-refractivity contribution >= 4 is 5.96 Å². The quantitative estimate of drug-likeness (QED) is 0.312. The Balaban J connectivity index is 1.71. The lowest BCUT2D eigenvalue weighted by Gasteiger charge is -2.30. The summed E-state index contributed by atoms with van der Waals surface area (Å²) in [5.74, 6) is 0.775. The summed E-state index contributed by atoms with van der Waals surface area (Å²) in [7, 11) is 0. The van der Waals surface area contributed by atoms with Crippen LogP contribution < -0.4 is 10.6 Å². The van der Waals surface area contributed by atoms with E-state index in [9.17, 15) is 5.11 Å². The monoisotopic (exact) mass is 376 g/mol. The molecule has 1 atom stereocenters. The number of nitrogens with one attached hydrogen (secondary N) is 2. The molecular formula is C21H36N4O2. The number of rotatable bonds is 11. The van der Waals surface area contributed by atoms with Gasteiger partial charge in [0, 0.05) is 45.9 Å². The van der Waals surface area contributed by atoms with Crippen molar-refractivity contribution in [3.05, 3.63) is 35.4 Å². The van der Waals surface area contributed by atoms with Gasteiger partial charge in [-0.05, 0) is 44.2 Å². The van der Waals surface area contributed by atoms with Crippen molar-refractivity contribution in [1.29, 1.82) is 0 Å². The van der Waals surface area contributed by atoms with E-state index in [1.807, 2.05) is 13.8 Å². The number of β-amino-alcohol motifs (C(OH)–C–C–N with tert-alkyl or cyclic N) is 1. The van der Waals surface area contributed by atoms with Crippen LogP contribution in [0.2, 0.25) is 0 Å². The maximum atomic E-state index is 10.4. The Morgan fingerprint density at radius 3 is 2.81 bits per heavy atom. The third-order valence-electron chi connectivity index (χ3n) is 4.70. The minimum atomic E-state index is -0.455. The van der Waals surface area contributed by atoms with Gasteiger partial charge >= 0.3 is 0 Å². The van der Waals surface area contributed by atoms with Crippen molar-refractivity contribution in [2.45, 2.75) is 45.8 Å². The Morgan fingerprint density at radius 2 is 2.04 bits per heavy atom. The second-order valence-electron chi connectivity index (χ2n) is 6.96. The molecule has 6 nitrogen and oxygen atoms in total. The number of aliphatic hydroxyl groups excluding tert-OH is 1. The summed E-state index contributed by atoms with van der Waals surface area (Å²) in [6.07, 6.45) is 2.68. The Hall–Kier alpha value is -1.63. The molecule has 1 aromatic carbocycles. The highest BCUT2D eigenvalue weighted by Crippen LogP contribution is 2.18. The van der Waals surface area contributed by atoms with Gasteiger partial charge in [-0.2, -0.15) is 0 Å². The summed E-state index contributed by atoms with van der Waals surface area (Å²) in [5, 5.41) is 17.0. The normalized spacial score (nSPS) is 16.0. The molecule has 27 heavy (non-hydrogen) atoms. The van der Waals surface area contributed by atoms with Crippen LogP contribution in [0.3, 0.4) is 0 Å². The number of unbranched alkanes of at least 4 members (excludes halogenated alkanes) is 1. The van der Waals surface area contributed by atoms with Gasteiger partial charge in [0.1, 0.15) is 0 Å². The van der Waals surface area contributed by atoms with Gasteiger partial charge in [-0.15, -0.1) is 0 Å². The minimum absolute atomic E-state index is 0.409. The number of guanidine groups is 1. The maximum absolute atomic E-state index is 10.4. The van der Waals surface area contributed by atoms with Crippen LogP contribution in [0.25, 0.3) is 0 Å². The van der Waals surface area contributed by atoms with Crippen LogP contribution in [-0.2, 0) is 17.7 Å². The highest BCUT2D eigenvalue weighted by Gasteiger charge is 2.18. The number of hydrogen-bond donors (Lipinski definition) is 3. The van der Waals surface area contributed by atoms with Crippen molar-refractivity contribution in [3.63, 3.8) is 0 Å². The zero-order chi connectivity index (χ0) is 19.3. The molecule has 1 aromatic rings. The molecule has 0 saturated heterocycles. The summed E-state index contributed by atoms with van der Waals surface area (Å²) in [6, 6.07) is 8.58. The van der Waals surface area contributed by atoms with E-state index >= 15 is 0 Å². The predicted molar refractivity (Wildman–Crippen MR) is 111 cm³/mol. The fourth-order valence-electron chi connectivity index (χ4n) is 3.28. The summed E-state index contributed by atoms with van der Waals surface area (Å²) < 4.78 is 5.35. The Kier molecular flexibility index (Phi) is 10.2. The van der Waals surface area contributed by atoms with Gasteiger partial charge in [0.15, 0.2) is 5.96 Å². The van der Waals surface area contributed by atoms with Gasteiger partial charge in [0.2, 0.25) is 0 Å². The summed E-state index contributed by atoms with van der Waals surface area (Å²) in [5.41, 5.74) is 2.81. The number of aliphatic imine (C=N–C) groups is 1. The molecule has 3 N–H and O–H groups in total. The van der Waals surface area contributed by atoms with Gasteiger partial charge in [0.25, 0.3) is 0 Å².